The van der Waals surface area contributed by atoms with Crippen LogP contribution in [-0.2, 0) is 0 Å². The van der Waals surface area contributed by atoms with Crippen LogP contribution in [0.25, 0.3) is 0 Å². The predicted molar refractivity (Wildman–Crippen MR) is 80.0 cm³/mol. The lowest BCUT2D eigenvalue weighted by Crippen LogP contribution is -2.19. The summed E-state index contributed by atoms with van der Waals surface area (Å²) in [6.45, 7) is 2.01. The highest BCUT2D eigenvalue weighted by molar-refractivity contribution is 6.04. The molecule has 1 aliphatic rings. The van der Waals surface area contributed by atoms with Crippen molar-refractivity contribution in [2.75, 3.05) is 23.3 Å². The molecule has 1 amide bonds. The molecular weight excluding hydrogens is 269 g/mol. The van der Waals surface area contributed by atoms with Crippen LogP contribution in [0.3, 0.4) is 0 Å². The second-order valence-electron chi connectivity index (χ2n) is 5.09. The van der Waals surface area contributed by atoms with E-state index < -0.39 is 0 Å². The molecule has 0 aliphatic carbocycles. The molecule has 1 saturated heterocycles. The molecule has 1 N–H and O–H groups in total. The molecule has 0 atom stereocenters. The second kappa shape index (κ2) is 5.91. The first kappa shape index (κ1) is 13.5. The smallest absolute Gasteiger partial charge is 0.257 e. The van der Waals surface area contributed by atoms with Gasteiger partial charge in [-0.1, -0.05) is 0 Å². The molecule has 0 radical (unpaired) electrons. The maximum atomic E-state index is 12.8. The Hall–Kier alpha value is -2.43. The van der Waals surface area contributed by atoms with Crippen LogP contribution in [0.15, 0.2) is 42.7 Å². The third kappa shape index (κ3) is 3.18. The van der Waals surface area contributed by atoms with Gasteiger partial charge in [0.05, 0.1) is 17.4 Å². The average molecular weight is 285 g/mol. The average Bonchev–Trinajstić information content (AvgIpc) is 3.04. The van der Waals surface area contributed by atoms with Gasteiger partial charge in [-0.05, 0) is 43.2 Å². The number of hydrogen-bond donors (Lipinski definition) is 1. The van der Waals surface area contributed by atoms with Crippen molar-refractivity contribution >= 4 is 17.3 Å². The molecule has 5 heteroatoms. The van der Waals surface area contributed by atoms with Crippen LogP contribution in [0.4, 0.5) is 15.8 Å². The van der Waals surface area contributed by atoms with Gasteiger partial charge in [-0.25, -0.2) is 4.39 Å². The van der Waals surface area contributed by atoms with Gasteiger partial charge in [0, 0.05) is 25.0 Å². The number of hydrogen-bond acceptors (Lipinski definition) is 3. The summed E-state index contributed by atoms with van der Waals surface area (Å²) in [5, 5.41) is 2.74. The van der Waals surface area contributed by atoms with Crippen molar-refractivity contribution in [3.05, 3.63) is 54.1 Å². The van der Waals surface area contributed by atoms with Crippen LogP contribution < -0.4 is 10.2 Å². The Labute approximate surface area is 122 Å². The van der Waals surface area contributed by atoms with E-state index in [2.05, 4.69) is 15.2 Å². The molecule has 1 aliphatic heterocycles. The molecule has 1 aromatic carbocycles. The number of carbonyl (C=O) groups excluding carboxylic acids is 1. The van der Waals surface area contributed by atoms with E-state index in [0.717, 1.165) is 18.8 Å². The molecule has 0 saturated carbocycles. The van der Waals surface area contributed by atoms with Crippen LogP contribution in [0.1, 0.15) is 23.2 Å². The number of rotatable bonds is 3. The van der Waals surface area contributed by atoms with E-state index in [-0.39, 0.29) is 11.7 Å². The summed E-state index contributed by atoms with van der Waals surface area (Å²) >= 11 is 0. The van der Waals surface area contributed by atoms with E-state index in [9.17, 15) is 9.18 Å². The minimum Gasteiger partial charge on any atom is -0.370 e. The van der Waals surface area contributed by atoms with Crippen molar-refractivity contribution < 1.29 is 9.18 Å². The Morgan fingerprint density at radius 3 is 2.57 bits per heavy atom. The minimum absolute atomic E-state index is 0.241. The molecule has 108 valence electrons. The zero-order chi connectivity index (χ0) is 14.7. The molecular formula is C16H16FN3O. The summed E-state index contributed by atoms with van der Waals surface area (Å²) in [4.78, 5) is 18.6. The number of aromatic nitrogens is 1. The normalized spacial score (nSPS) is 14.2. The molecule has 0 bridgehead atoms. The second-order valence-corrected chi connectivity index (χ2v) is 5.09. The Bertz CT molecular complexity index is 636. The highest BCUT2D eigenvalue weighted by Crippen LogP contribution is 2.20. The summed E-state index contributed by atoms with van der Waals surface area (Å²) in [6.07, 6.45) is 5.66. The molecule has 3 rings (SSSR count). The zero-order valence-corrected chi connectivity index (χ0v) is 11.6. The number of pyridine rings is 1. The third-order valence-corrected chi connectivity index (χ3v) is 3.56. The number of carbonyl (C=O) groups is 1. The zero-order valence-electron chi connectivity index (χ0n) is 11.6. The van der Waals surface area contributed by atoms with Gasteiger partial charge >= 0.3 is 0 Å². The minimum atomic E-state index is -0.328. The third-order valence-electron chi connectivity index (χ3n) is 3.56. The van der Waals surface area contributed by atoms with Crippen molar-refractivity contribution in [1.29, 1.82) is 0 Å². The van der Waals surface area contributed by atoms with E-state index in [1.807, 2.05) is 6.07 Å². The topological polar surface area (TPSA) is 45.2 Å². The van der Waals surface area contributed by atoms with Gasteiger partial charge in [-0.2, -0.15) is 0 Å². The van der Waals surface area contributed by atoms with Gasteiger partial charge in [0.25, 0.3) is 5.91 Å². The SMILES string of the molecule is O=C(Nc1ccc(F)cc1)c1cncc(N2CCCC2)c1. The van der Waals surface area contributed by atoms with Crippen molar-refractivity contribution in [3.8, 4) is 0 Å². The van der Waals surface area contributed by atoms with Crippen LogP contribution in [0.5, 0.6) is 0 Å². The van der Waals surface area contributed by atoms with Crippen LogP contribution >= 0.6 is 0 Å². The summed E-state index contributed by atoms with van der Waals surface area (Å²) in [6, 6.07) is 7.54. The highest BCUT2D eigenvalue weighted by atomic mass is 19.1. The Morgan fingerprint density at radius 1 is 1.14 bits per heavy atom. The Morgan fingerprint density at radius 2 is 1.86 bits per heavy atom. The molecule has 0 unspecified atom stereocenters. The number of amides is 1. The molecule has 4 nitrogen and oxygen atoms in total. The lowest BCUT2D eigenvalue weighted by Gasteiger charge is -2.17. The van der Waals surface area contributed by atoms with Gasteiger partial charge < -0.3 is 10.2 Å². The number of nitrogens with one attached hydrogen (secondary N) is 1. The van der Waals surface area contributed by atoms with Crippen molar-refractivity contribution in [3.63, 3.8) is 0 Å². The van der Waals surface area contributed by atoms with E-state index in [1.165, 1.54) is 37.1 Å². The maximum Gasteiger partial charge on any atom is 0.257 e. The van der Waals surface area contributed by atoms with E-state index in [0.29, 0.717) is 11.3 Å². The van der Waals surface area contributed by atoms with Crippen LogP contribution in [0.2, 0.25) is 0 Å². The highest BCUT2D eigenvalue weighted by Gasteiger charge is 2.15. The lowest BCUT2D eigenvalue weighted by molar-refractivity contribution is 0.102. The van der Waals surface area contributed by atoms with Crippen LogP contribution in [0, 0.1) is 5.82 Å². The lowest BCUT2D eigenvalue weighted by atomic mass is 10.2. The molecule has 0 spiro atoms. The first-order chi connectivity index (χ1) is 10.2. The number of nitrogens with zero attached hydrogens (tertiary/aromatic N) is 2. The summed E-state index contributed by atoms with van der Waals surface area (Å²) in [5.41, 5.74) is 2.04. The fourth-order valence-electron chi connectivity index (χ4n) is 2.44. The predicted octanol–water partition coefficient (Wildman–Crippen LogP) is 3.07. The Kier molecular flexibility index (Phi) is 3.81. The van der Waals surface area contributed by atoms with Crippen LogP contribution in [-0.4, -0.2) is 24.0 Å². The molecule has 21 heavy (non-hydrogen) atoms. The van der Waals surface area contributed by atoms with Crippen molar-refractivity contribution in [2.45, 2.75) is 12.8 Å². The fourth-order valence-corrected chi connectivity index (χ4v) is 2.44. The summed E-state index contributed by atoms with van der Waals surface area (Å²) < 4.78 is 12.8. The fraction of sp³-hybridized carbons (Fsp3) is 0.250. The summed E-state index contributed by atoms with van der Waals surface area (Å²) in [5.74, 6) is -0.569. The van der Waals surface area contributed by atoms with Crippen molar-refractivity contribution in [1.82, 2.24) is 4.98 Å². The molecule has 2 aromatic rings. The van der Waals surface area contributed by atoms with E-state index >= 15 is 0 Å². The van der Waals surface area contributed by atoms with Gasteiger partial charge in [0.2, 0.25) is 0 Å². The number of anilines is 2. The van der Waals surface area contributed by atoms with Gasteiger partial charge in [-0.15, -0.1) is 0 Å². The van der Waals surface area contributed by atoms with E-state index in [4.69, 9.17) is 0 Å². The van der Waals surface area contributed by atoms with Gasteiger partial charge in [-0.3, -0.25) is 9.78 Å². The first-order valence-corrected chi connectivity index (χ1v) is 6.99. The van der Waals surface area contributed by atoms with E-state index in [1.54, 1.807) is 12.4 Å². The largest absolute Gasteiger partial charge is 0.370 e. The molecule has 1 fully saturated rings. The first-order valence-electron chi connectivity index (χ1n) is 6.99. The molecule has 1 aromatic heterocycles. The van der Waals surface area contributed by atoms with Gasteiger partial charge in [0.15, 0.2) is 0 Å². The monoisotopic (exact) mass is 285 g/mol. The standard InChI is InChI=1S/C16H16FN3O/c17-13-3-5-14(6-4-13)19-16(21)12-9-15(11-18-10-12)20-7-1-2-8-20/h3-6,9-11H,1-2,7-8H2,(H,19,21). The summed E-state index contributed by atoms with van der Waals surface area (Å²) in [7, 11) is 0. The quantitative estimate of drug-likeness (QED) is 0.942. The van der Waals surface area contributed by atoms with Gasteiger partial charge in [0.1, 0.15) is 5.82 Å². The number of halogens is 1. The maximum absolute atomic E-state index is 12.8. The Balaban J connectivity index is 1.74. The molecule has 2 heterocycles. The van der Waals surface area contributed by atoms with Crippen molar-refractivity contribution in [2.24, 2.45) is 0 Å². The number of benzene rings is 1.